The average Bonchev–Trinajstić information content (AvgIpc) is 2.96. The van der Waals surface area contributed by atoms with Crippen molar-refractivity contribution in [1.82, 2.24) is 10.2 Å². The number of anilines is 1. The quantitative estimate of drug-likeness (QED) is 0.892. The van der Waals surface area contributed by atoms with Crippen molar-refractivity contribution in [2.24, 2.45) is 5.92 Å². The van der Waals surface area contributed by atoms with Gasteiger partial charge in [-0.15, -0.1) is 11.8 Å². The lowest BCUT2D eigenvalue weighted by atomic mass is 10.1. The Morgan fingerprint density at radius 2 is 2.32 bits per heavy atom. The van der Waals surface area contributed by atoms with Crippen LogP contribution in [0.1, 0.15) is 23.7 Å². The van der Waals surface area contributed by atoms with Crippen LogP contribution in [-0.4, -0.2) is 48.6 Å². The van der Waals surface area contributed by atoms with Gasteiger partial charge in [0.1, 0.15) is 0 Å². The van der Waals surface area contributed by atoms with E-state index in [0.717, 1.165) is 36.6 Å². The second kappa shape index (κ2) is 6.30. The van der Waals surface area contributed by atoms with E-state index in [2.05, 4.69) is 10.6 Å². The number of nitrogens with zero attached hydrogens (tertiary/aromatic N) is 1. The van der Waals surface area contributed by atoms with Crippen LogP contribution in [0.4, 0.5) is 5.69 Å². The second-order valence-corrected chi connectivity index (χ2v) is 7.31. The summed E-state index contributed by atoms with van der Waals surface area (Å²) in [6.45, 7) is 4.43. The molecule has 6 heteroatoms. The maximum Gasteiger partial charge on any atom is 0.253 e. The highest BCUT2D eigenvalue weighted by atomic mass is 32.2. The van der Waals surface area contributed by atoms with Gasteiger partial charge in [-0.05, 0) is 51.1 Å². The predicted molar refractivity (Wildman–Crippen MR) is 88.3 cm³/mol. The molecule has 0 unspecified atom stereocenters. The molecule has 0 spiro atoms. The van der Waals surface area contributed by atoms with Gasteiger partial charge in [0, 0.05) is 23.5 Å². The van der Waals surface area contributed by atoms with Gasteiger partial charge >= 0.3 is 0 Å². The molecule has 2 heterocycles. The number of hydrogen-bond donors (Lipinski definition) is 2. The van der Waals surface area contributed by atoms with E-state index in [1.807, 2.05) is 31.0 Å². The SMILES string of the molecule is CNC[C@H]1CCN(C(=O)c2ccc3c(c2)NC(=O)[C@H](C)S3)C1. The Bertz CT molecular complexity index is 605. The summed E-state index contributed by atoms with van der Waals surface area (Å²) in [5.74, 6) is 0.583. The normalized spacial score (nSPS) is 24.1. The molecule has 0 bridgehead atoms. The Hall–Kier alpha value is -1.53. The number of fused-ring (bicyclic) bond motifs is 1. The van der Waals surface area contributed by atoms with Crippen LogP contribution in [0.25, 0.3) is 0 Å². The van der Waals surface area contributed by atoms with Crippen LogP contribution in [0.15, 0.2) is 23.1 Å². The van der Waals surface area contributed by atoms with Crippen molar-refractivity contribution in [2.45, 2.75) is 23.5 Å². The third-order valence-electron chi connectivity index (χ3n) is 4.22. The molecular weight excluding hydrogens is 298 g/mol. The molecule has 0 aliphatic carbocycles. The topological polar surface area (TPSA) is 61.4 Å². The first-order valence-corrected chi connectivity index (χ1v) is 8.52. The number of thioether (sulfide) groups is 1. The Morgan fingerprint density at radius 1 is 1.50 bits per heavy atom. The number of carbonyl (C=O) groups is 2. The number of nitrogens with one attached hydrogen (secondary N) is 2. The van der Waals surface area contributed by atoms with Gasteiger partial charge in [0.25, 0.3) is 5.91 Å². The maximum absolute atomic E-state index is 12.6. The summed E-state index contributed by atoms with van der Waals surface area (Å²) in [5.41, 5.74) is 1.41. The van der Waals surface area contributed by atoms with Gasteiger partial charge in [-0.1, -0.05) is 0 Å². The van der Waals surface area contributed by atoms with Crippen molar-refractivity contribution in [3.63, 3.8) is 0 Å². The van der Waals surface area contributed by atoms with Gasteiger partial charge < -0.3 is 15.5 Å². The van der Waals surface area contributed by atoms with E-state index >= 15 is 0 Å². The molecule has 1 aromatic rings. The summed E-state index contributed by atoms with van der Waals surface area (Å²) in [7, 11) is 1.94. The molecule has 3 rings (SSSR count). The minimum absolute atomic E-state index is 0.00245. The highest BCUT2D eigenvalue weighted by Gasteiger charge is 2.28. The smallest absolute Gasteiger partial charge is 0.253 e. The average molecular weight is 319 g/mol. The van der Waals surface area contributed by atoms with Crippen molar-refractivity contribution in [1.29, 1.82) is 0 Å². The Balaban J connectivity index is 1.74. The van der Waals surface area contributed by atoms with E-state index in [1.165, 1.54) is 11.8 Å². The van der Waals surface area contributed by atoms with E-state index < -0.39 is 0 Å². The molecule has 118 valence electrons. The lowest BCUT2D eigenvalue weighted by molar-refractivity contribution is -0.115. The summed E-state index contributed by atoms with van der Waals surface area (Å²) in [4.78, 5) is 27.3. The van der Waals surface area contributed by atoms with Crippen LogP contribution in [-0.2, 0) is 4.79 Å². The zero-order chi connectivity index (χ0) is 15.7. The molecule has 1 fully saturated rings. The summed E-state index contributed by atoms with van der Waals surface area (Å²) < 4.78 is 0. The van der Waals surface area contributed by atoms with E-state index in [4.69, 9.17) is 0 Å². The van der Waals surface area contributed by atoms with E-state index in [9.17, 15) is 9.59 Å². The summed E-state index contributed by atoms with van der Waals surface area (Å²) >= 11 is 1.53. The van der Waals surface area contributed by atoms with Crippen molar-refractivity contribution < 1.29 is 9.59 Å². The van der Waals surface area contributed by atoms with Crippen molar-refractivity contribution in [2.75, 3.05) is 32.0 Å². The van der Waals surface area contributed by atoms with Crippen LogP contribution in [0.5, 0.6) is 0 Å². The molecule has 5 nitrogen and oxygen atoms in total. The first-order valence-electron chi connectivity index (χ1n) is 7.64. The number of likely N-dealkylation sites (tertiary alicyclic amines) is 1. The molecule has 0 aromatic heterocycles. The highest BCUT2D eigenvalue weighted by molar-refractivity contribution is 8.00. The molecular formula is C16H21N3O2S. The van der Waals surface area contributed by atoms with Gasteiger partial charge in [-0.25, -0.2) is 0 Å². The summed E-state index contributed by atoms with van der Waals surface area (Å²) in [6, 6.07) is 5.61. The molecule has 22 heavy (non-hydrogen) atoms. The maximum atomic E-state index is 12.6. The minimum Gasteiger partial charge on any atom is -0.338 e. The Labute approximate surface area is 134 Å². The lowest BCUT2D eigenvalue weighted by Gasteiger charge is -2.23. The molecule has 2 atom stereocenters. The fourth-order valence-corrected chi connectivity index (χ4v) is 3.93. The van der Waals surface area contributed by atoms with E-state index in [1.54, 1.807) is 6.07 Å². The molecule has 1 saturated heterocycles. The number of hydrogen-bond acceptors (Lipinski definition) is 4. The van der Waals surface area contributed by atoms with E-state index in [-0.39, 0.29) is 17.1 Å². The number of carbonyl (C=O) groups excluding carboxylic acids is 2. The molecule has 1 aromatic carbocycles. The predicted octanol–water partition coefficient (Wildman–Crippen LogP) is 1.80. The minimum atomic E-state index is -0.0880. The van der Waals surface area contributed by atoms with Crippen LogP contribution < -0.4 is 10.6 Å². The molecule has 0 radical (unpaired) electrons. The summed E-state index contributed by atoms with van der Waals surface area (Å²) in [6.07, 6.45) is 1.04. The van der Waals surface area contributed by atoms with Gasteiger partial charge in [0.05, 0.1) is 10.9 Å². The third-order valence-corrected chi connectivity index (χ3v) is 5.40. The number of benzene rings is 1. The molecule has 2 aliphatic heterocycles. The zero-order valence-electron chi connectivity index (χ0n) is 12.9. The van der Waals surface area contributed by atoms with Gasteiger partial charge in [0.2, 0.25) is 5.91 Å². The van der Waals surface area contributed by atoms with Gasteiger partial charge in [-0.2, -0.15) is 0 Å². The third kappa shape index (κ3) is 2.98. The van der Waals surface area contributed by atoms with Crippen LogP contribution in [0.2, 0.25) is 0 Å². The molecule has 0 saturated carbocycles. The fraction of sp³-hybridized carbons (Fsp3) is 0.500. The van der Waals surface area contributed by atoms with Crippen LogP contribution >= 0.6 is 11.8 Å². The Morgan fingerprint density at radius 3 is 3.09 bits per heavy atom. The lowest BCUT2D eigenvalue weighted by Crippen LogP contribution is -2.31. The fourth-order valence-electron chi connectivity index (χ4n) is 3.00. The first-order chi connectivity index (χ1) is 10.6. The highest BCUT2D eigenvalue weighted by Crippen LogP contribution is 2.36. The van der Waals surface area contributed by atoms with Gasteiger partial charge in [0.15, 0.2) is 0 Å². The van der Waals surface area contributed by atoms with Crippen molar-refractivity contribution in [3.05, 3.63) is 23.8 Å². The summed E-state index contributed by atoms with van der Waals surface area (Å²) in [5, 5.41) is 5.97. The number of rotatable bonds is 3. The van der Waals surface area contributed by atoms with Crippen molar-refractivity contribution >= 4 is 29.3 Å². The van der Waals surface area contributed by atoms with Gasteiger partial charge in [-0.3, -0.25) is 9.59 Å². The second-order valence-electron chi connectivity index (χ2n) is 5.92. The van der Waals surface area contributed by atoms with Crippen LogP contribution in [0, 0.1) is 5.92 Å². The number of amides is 2. The molecule has 2 aliphatic rings. The standard InChI is InChI=1S/C16H21N3O2S/c1-10-15(20)18-13-7-12(3-4-14(13)22-10)16(21)19-6-5-11(9-19)8-17-2/h3-4,7,10-11,17H,5-6,8-9H2,1-2H3,(H,18,20)/t10-,11+/m0/s1. The zero-order valence-corrected chi connectivity index (χ0v) is 13.7. The molecule has 2 amide bonds. The Kier molecular flexibility index (Phi) is 4.40. The monoisotopic (exact) mass is 319 g/mol. The van der Waals surface area contributed by atoms with Crippen LogP contribution in [0.3, 0.4) is 0 Å². The first kappa shape index (κ1) is 15.4. The molecule has 2 N–H and O–H groups in total. The largest absolute Gasteiger partial charge is 0.338 e. The van der Waals surface area contributed by atoms with Crippen molar-refractivity contribution in [3.8, 4) is 0 Å². The van der Waals surface area contributed by atoms with E-state index in [0.29, 0.717) is 11.5 Å².